The zero-order valence-electron chi connectivity index (χ0n) is 14.5. The van der Waals surface area contributed by atoms with Crippen molar-refractivity contribution in [3.05, 3.63) is 59.2 Å². The summed E-state index contributed by atoms with van der Waals surface area (Å²) in [6.07, 6.45) is 0. The van der Waals surface area contributed by atoms with Gasteiger partial charge >= 0.3 is 0 Å². The van der Waals surface area contributed by atoms with E-state index in [4.69, 9.17) is 0 Å². The average Bonchev–Trinajstić information content (AvgIpc) is 2.55. The minimum Gasteiger partial charge on any atom is -0.322 e. The zero-order valence-corrected chi connectivity index (χ0v) is 15.3. The molecule has 132 valence electrons. The Bertz CT molecular complexity index is 934. The second-order valence-electron chi connectivity index (χ2n) is 5.86. The van der Waals surface area contributed by atoms with Crippen LogP contribution in [0.25, 0.3) is 0 Å². The lowest BCUT2D eigenvalue weighted by atomic mass is 10.1. The topological polar surface area (TPSA) is 83.5 Å². The number of carbonyl (C=O) groups is 2. The van der Waals surface area contributed by atoms with Crippen LogP contribution in [-0.4, -0.2) is 38.5 Å². The van der Waals surface area contributed by atoms with Crippen molar-refractivity contribution in [1.29, 1.82) is 0 Å². The summed E-state index contributed by atoms with van der Waals surface area (Å²) < 4.78 is 25.8. The fourth-order valence-electron chi connectivity index (χ4n) is 2.24. The summed E-state index contributed by atoms with van der Waals surface area (Å²) >= 11 is 0. The van der Waals surface area contributed by atoms with E-state index < -0.39 is 15.9 Å². The standard InChI is InChI=1S/C18H20N2O4S/c1-12-8-9-15(11-17(12)25(23,24)20(3)4)18(22)19-16-7-5-6-14(10-16)13(2)21/h5-11H,1-4H3,(H,19,22). The highest BCUT2D eigenvalue weighted by Crippen LogP contribution is 2.21. The number of benzene rings is 2. The Hall–Kier alpha value is -2.51. The molecule has 0 saturated carbocycles. The van der Waals surface area contributed by atoms with Gasteiger partial charge in [-0.3, -0.25) is 9.59 Å². The van der Waals surface area contributed by atoms with Gasteiger partial charge in [-0.05, 0) is 43.7 Å². The molecule has 0 heterocycles. The number of anilines is 1. The molecule has 0 bridgehead atoms. The minimum atomic E-state index is -3.65. The first-order valence-electron chi connectivity index (χ1n) is 7.58. The molecule has 0 atom stereocenters. The molecule has 25 heavy (non-hydrogen) atoms. The van der Waals surface area contributed by atoms with E-state index in [1.165, 1.54) is 27.1 Å². The molecule has 0 aliphatic heterocycles. The van der Waals surface area contributed by atoms with E-state index in [1.54, 1.807) is 43.3 Å². The first-order chi connectivity index (χ1) is 11.6. The highest BCUT2D eigenvalue weighted by atomic mass is 32.2. The van der Waals surface area contributed by atoms with Gasteiger partial charge in [0.15, 0.2) is 5.78 Å². The number of ketones is 1. The van der Waals surface area contributed by atoms with Crippen molar-refractivity contribution >= 4 is 27.4 Å². The van der Waals surface area contributed by atoms with E-state index in [-0.39, 0.29) is 16.2 Å². The van der Waals surface area contributed by atoms with Crippen LogP contribution in [-0.2, 0) is 10.0 Å². The Morgan fingerprint density at radius 3 is 2.28 bits per heavy atom. The van der Waals surface area contributed by atoms with E-state index >= 15 is 0 Å². The van der Waals surface area contributed by atoms with Crippen molar-refractivity contribution in [1.82, 2.24) is 4.31 Å². The number of nitrogens with zero attached hydrogens (tertiary/aromatic N) is 1. The summed E-state index contributed by atoms with van der Waals surface area (Å²) in [7, 11) is -0.767. The van der Waals surface area contributed by atoms with Crippen LogP contribution in [0.2, 0.25) is 0 Å². The van der Waals surface area contributed by atoms with Crippen LogP contribution in [0.4, 0.5) is 5.69 Å². The Balaban J connectivity index is 2.35. The zero-order chi connectivity index (χ0) is 18.8. The number of Topliss-reactive ketones (excluding diaryl/α,β-unsaturated/α-hetero) is 1. The Morgan fingerprint density at radius 1 is 1.00 bits per heavy atom. The number of sulfonamides is 1. The molecule has 7 heteroatoms. The van der Waals surface area contributed by atoms with Gasteiger partial charge in [0.2, 0.25) is 10.0 Å². The lowest BCUT2D eigenvalue weighted by Crippen LogP contribution is -2.23. The predicted octanol–water partition coefficient (Wildman–Crippen LogP) is 2.70. The quantitative estimate of drug-likeness (QED) is 0.831. The third-order valence-electron chi connectivity index (χ3n) is 3.74. The third kappa shape index (κ3) is 4.12. The molecule has 1 N–H and O–H groups in total. The molecule has 0 aliphatic rings. The SMILES string of the molecule is CC(=O)c1cccc(NC(=O)c2ccc(C)c(S(=O)(=O)N(C)C)c2)c1. The lowest BCUT2D eigenvalue weighted by molar-refractivity contribution is 0.101. The number of rotatable bonds is 5. The van der Waals surface area contributed by atoms with Gasteiger partial charge in [-0.25, -0.2) is 12.7 Å². The van der Waals surface area contributed by atoms with Gasteiger partial charge in [0.05, 0.1) is 4.90 Å². The summed E-state index contributed by atoms with van der Waals surface area (Å²) in [5.74, 6) is -0.554. The molecule has 0 spiro atoms. The molecule has 0 fully saturated rings. The van der Waals surface area contributed by atoms with E-state index in [0.29, 0.717) is 16.8 Å². The molecule has 1 amide bonds. The molecule has 0 aliphatic carbocycles. The summed E-state index contributed by atoms with van der Waals surface area (Å²) in [5.41, 5.74) is 1.73. The molecule has 6 nitrogen and oxygen atoms in total. The van der Waals surface area contributed by atoms with Crippen LogP contribution in [0.3, 0.4) is 0 Å². The second-order valence-corrected chi connectivity index (χ2v) is 7.98. The van der Waals surface area contributed by atoms with Crippen LogP contribution in [0.1, 0.15) is 33.2 Å². The monoisotopic (exact) mass is 360 g/mol. The second kappa shape index (κ2) is 7.16. The van der Waals surface area contributed by atoms with Crippen LogP contribution >= 0.6 is 0 Å². The maximum absolute atomic E-state index is 12.5. The van der Waals surface area contributed by atoms with Crippen LogP contribution in [0.5, 0.6) is 0 Å². The predicted molar refractivity (Wildman–Crippen MR) is 96.5 cm³/mol. The fraction of sp³-hybridized carbons (Fsp3) is 0.222. The Kier molecular flexibility index (Phi) is 5.39. The molecule has 0 saturated heterocycles. The first-order valence-corrected chi connectivity index (χ1v) is 9.02. The van der Waals surface area contributed by atoms with E-state index in [0.717, 1.165) is 4.31 Å². The van der Waals surface area contributed by atoms with E-state index in [9.17, 15) is 18.0 Å². The Morgan fingerprint density at radius 2 is 1.68 bits per heavy atom. The summed E-state index contributed by atoms with van der Waals surface area (Å²) in [4.78, 5) is 24.0. The van der Waals surface area contributed by atoms with Crippen LogP contribution in [0.15, 0.2) is 47.4 Å². The molecular weight excluding hydrogens is 340 g/mol. The number of carbonyl (C=O) groups excluding carboxylic acids is 2. The molecule has 0 radical (unpaired) electrons. The van der Waals surface area contributed by atoms with E-state index in [1.807, 2.05) is 0 Å². The first kappa shape index (κ1) is 18.8. The van der Waals surface area contributed by atoms with Gasteiger partial charge in [-0.2, -0.15) is 0 Å². The highest BCUT2D eigenvalue weighted by molar-refractivity contribution is 7.89. The fourth-order valence-corrected chi connectivity index (χ4v) is 3.38. The van der Waals surface area contributed by atoms with Crippen molar-refractivity contribution in [2.75, 3.05) is 19.4 Å². The molecule has 2 aromatic carbocycles. The third-order valence-corrected chi connectivity index (χ3v) is 5.69. The summed E-state index contributed by atoms with van der Waals surface area (Å²) in [5, 5.41) is 2.68. The lowest BCUT2D eigenvalue weighted by Gasteiger charge is -2.15. The maximum atomic E-state index is 12.5. The minimum absolute atomic E-state index is 0.0858. The van der Waals surface area contributed by atoms with Crippen molar-refractivity contribution in [3.63, 3.8) is 0 Å². The molecule has 2 aromatic rings. The van der Waals surface area contributed by atoms with Crippen LogP contribution < -0.4 is 5.32 Å². The van der Waals surface area contributed by atoms with Gasteiger partial charge in [0.1, 0.15) is 0 Å². The van der Waals surface area contributed by atoms with Crippen molar-refractivity contribution < 1.29 is 18.0 Å². The maximum Gasteiger partial charge on any atom is 0.255 e. The largest absolute Gasteiger partial charge is 0.322 e. The number of aryl methyl sites for hydroxylation is 1. The molecular formula is C18H20N2O4S. The summed E-state index contributed by atoms with van der Waals surface area (Å²) in [6.45, 7) is 3.12. The normalized spacial score (nSPS) is 11.4. The van der Waals surface area contributed by atoms with Gasteiger partial charge in [-0.15, -0.1) is 0 Å². The smallest absolute Gasteiger partial charge is 0.255 e. The van der Waals surface area contributed by atoms with Gasteiger partial charge in [0.25, 0.3) is 5.91 Å². The molecule has 2 rings (SSSR count). The number of amides is 1. The van der Waals surface area contributed by atoms with Crippen molar-refractivity contribution in [3.8, 4) is 0 Å². The number of nitrogens with one attached hydrogen (secondary N) is 1. The van der Waals surface area contributed by atoms with Crippen molar-refractivity contribution in [2.45, 2.75) is 18.7 Å². The average molecular weight is 360 g/mol. The van der Waals surface area contributed by atoms with Crippen LogP contribution in [0, 0.1) is 6.92 Å². The van der Waals surface area contributed by atoms with Gasteiger partial charge < -0.3 is 5.32 Å². The van der Waals surface area contributed by atoms with E-state index in [2.05, 4.69) is 5.32 Å². The van der Waals surface area contributed by atoms with Crippen molar-refractivity contribution in [2.24, 2.45) is 0 Å². The number of hydrogen-bond acceptors (Lipinski definition) is 4. The molecule has 0 unspecified atom stereocenters. The number of hydrogen-bond donors (Lipinski definition) is 1. The summed E-state index contributed by atoms with van der Waals surface area (Å²) in [6, 6.07) is 11.1. The highest BCUT2D eigenvalue weighted by Gasteiger charge is 2.21. The molecule has 0 aromatic heterocycles. The van der Waals surface area contributed by atoms with Gasteiger partial charge in [0, 0.05) is 30.9 Å². The van der Waals surface area contributed by atoms with Gasteiger partial charge in [-0.1, -0.05) is 18.2 Å². The Labute approximate surface area is 147 Å².